The topological polar surface area (TPSA) is 42.2 Å². The van der Waals surface area contributed by atoms with Crippen LogP contribution in [0.4, 0.5) is 0 Å². The molecule has 0 aliphatic carbocycles. The van der Waals surface area contributed by atoms with Crippen molar-refractivity contribution in [3.63, 3.8) is 0 Å². The molecule has 1 aliphatic rings. The highest BCUT2D eigenvalue weighted by Gasteiger charge is 2.30. The molecule has 2 rings (SSSR count). The zero-order chi connectivity index (χ0) is 13.7. The van der Waals surface area contributed by atoms with Gasteiger partial charge in [0.25, 0.3) is 0 Å². The predicted molar refractivity (Wildman–Crippen MR) is 83.4 cm³/mol. The summed E-state index contributed by atoms with van der Waals surface area (Å²) >= 11 is 2.10. The second-order valence-corrected chi connectivity index (χ2v) is 6.58. The molecule has 0 radical (unpaired) electrons. The summed E-state index contributed by atoms with van der Waals surface area (Å²) in [5, 5.41) is 0.740. The summed E-state index contributed by atoms with van der Waals surface area (Å²) in [5.41, 5.74) is 7.50. The average Bonchev–Trinajstić information content (AvgIpc) is 2.48. The highest BCUT2D eigenvalue weighted by Crippen LogP contribution is 2.30. The van der Waals surface area contributed by atoms with Crippen LogP contribution in [0.1, 0.15) is 38.4 Å². The molecule has 0 saturated carbocycles. The van der Waals surface area contributed by atoms with Gasteiger partial charge in [-0.1, -0.05) is 19.9 Å². The molecular formula is C15H25N3S. The summed E-state index contributed by atoms with van der Waals surface area (Å²) in [6.07, 6.45) is 4.10. The van der Waals surface area contributed by atoms with Crippen LogP contribution >= 0.6 is 11.8 Å². The molecular weight excluding hydrogens is 254 g/mol. The van der Waals surface area contributed by atoms with Crippen molar-refractivity contribution in [1.29, 1.82) is 0 Å². The van der Waals surface area contributed by atoms with E-state index in [9.17, 15) is 0 Å². The lowest BCUT2D eigenvalue weighted by molar-refractivity contribution is 0.170. The summed E-state index contributed by atoms with van der Waals surface area (Å²) in [5.74, 6) is 1.21. The summed E-state index contributed by atoms with van der Waals surface area (Å²) in [7, 11) is 0. The number of hydrogen-bond donors (Lipinski definition) is 1. The maximum atomic E-state index is 6.38. The highest BCUT2D eigenvalue weighted by molar-refractivity contribution is 8.00. The third kappa shape index (κ3) is 3.71. The number of thioether (sulfide) groups is 1. The van der Waals surface area contributed by atoms with Gasteiger partial charge in [0.2, 0.25) is 0 Å². The monoisotopic (exact) mass is 279 g/mol. The molecule has 1 aromatic heterocycles. The predicted octanol–water partition coefficient (Wildman–Crippen LogP) is 2.69. The van der Waals surface area contributed by atoms with E-state index in [-0.39, 0.29) is 12.1 Å². The molecule has 19 heavy (non-hydrogen) atoms. The minimum atomic E-state index is 0.163. The fourth-order valence-electron chi connectivity index (χ4n) is 2.69. The number of hydrogen-bond acceptors (Lipinski definition) is 4. The molecule has 1 fully saturated rings. The molecule has 2 N–H and O–H groups in total. The van der Waals surface area contributed by atoms with Crippen LogP contribution in [0.25, 0.3) is 0 Å². The van der Waals surface area contributed by atoms with E-state index >= 15 is 0 Å². The van der Waals surface area contributed by atoms with Crippen molar-refractivity contribution < 1.29 is 0 Å². The second-order valence-electron chi connectivity index (χ2n) is 5.17. The Morgan fingerprint density at radius 2 is 2.32 bits per heavy atom. The van der Waals surface area contributed by atoms with Crippen LogP contribution in [0, 0.1) is 0 Å². The van der Waals surface area contributed by atoms with E-state index in [1.807, 2.05) is 12.3 Å². The van der Waals surface area contributed by atoms with Crippen molar-refractivity contribution >= 4 is 11.8 Å². The van der Waals surface area contributed by atoms with Crippen LogP contribution in [0.3, 0.4) is 0 Å². The smallest absolute Gasteiger partial charge is 0.0674 e. The molecule has 0 spiro atoms. The van der Waals surface area contributed by atoms with Gasteiger partial charge < -0.3 is 5.73 Å². The minimum Gasteiger partial charge on any atom is -0.326 e. The van der Waals surface area contributed by atoms with Crippen LogP contribution in [-0.4, -0.2) is 40.0 Å². The van der Waals surface area contributed by atoms with Crippen molar-refractivity contribution in [2.24, 2.45) is 5.73 Å². The standard InChI is InChI=1S/C15H25N3S/c1-3-12-11-18(9-10-19-12)15(13(16)4-2)14-7-5-6-8-17-14/h5-8,12-13,15H,3-4,9-11,16H2,1-2H3. The van der Waals surface area contributed by atoms with E-state index < -0.39 is 0 Å². The Labute approximate surface area is 121 Å². The molecule has 1 aliphatic heterocycles. The van der Waals surface area contributed by atoms with Crippen molar-refractivity contribution in [1.82, 2.24) is 9.88 Å². The Bertz CT molecular complexity index is 371. The average molecular weight is 279 g/mol. The molecule has 2 heterocycles. The van der Waals surface area contributed by atoms with Gasteiger partial charge in [0.05, 0.1) is 11.7 Å². The fourth-order valence-corrected chi connectivity index (χ4v) is 3.90. The molecule has 4 heteroatoms. The van der Waals surface area contributed by atoms with Crippen molar-refractivity contribution in [2.45, 2.75) is 44.0 Å². The van der Waals surface area contributed by atoms with E-state index in [0.29, 0.717) is 0 Å². The molecule has 0 amide bonds. The molecule has 3 atom stereocenters. The Kier molecular flexibility index (Phi) is 5.67. The number of nitrogens with zero attached hydrogens (tertiary/aromatic N) is 2. The van der Waals surface area contributed by atoms with E-state index in [4.69, 9.17) is 5.73 Å². The van der Waals surface area contributed by atoms with Crippen LogP contribution in [-0.2, 0) is 0 Å². The highest BCUT2D eigenvalue weighted by atomic mass is 32.2. The van der Waals surface area contributed by atoms with E-state index in [0.717, 1.165) is 30.5 Å². The number of nitrogens with two attached hydrogens (primary N) is 1. The normalized spacial score (nSPS) is 24.1. The first-order valence-corrected chi connectivity index (χ1v) is 8.33. The molecule has 0 aromatic carbocycles. The number of rotatable bonds is 5. The summed E-state index contributed by atoms with van der Waals surface area (Å²) in [6.45, 7) is 6.69. The maximum Gasteiger partial charge on any atom is 0.0674 e. The molecule has 1 saturated heterocycles. The Hall–Kier alpha value is -0.580. The van der Waals surface area contributed by atoms with Gasteiger partial charge in [-0.15, -0.1) is 0 Å². The Morgan fingerprint density at radius 1 is 1.47 bits per heavy atom. The lowest BCUT2D eigenvalue weighted by Gasteiger charge is -2.39. The Balaban J connectivity index is 2.18. The fraction of sp³-hybridized carbons (Fsp3) is 0.667. The first kappa shape index (κ1) is 14.8. The summed E-state index contributed by atoms with van der Waals surface area (Å²) in [6, 6.07) is 6.58. The van der Waals surface area contributed by atoms with Crippen molar-refractivity contribution in [3.05, 3.63) is 30.1 Å². The first-order chi connectivity index (χ1) is 9.26. The summed E-state index contributed by atoms with van der Waals surface area (Å²) < 4.78 is 0. The maximum absolute atomic E-state index is 6.38. The van der Waals surface area contributed by atoms with Crippen molar-refractivity contribution in [3.8, 4) is 0 Å². The summed E-state index contributed by atoms with van der Waals surface area (Å²) in [4.78, 5) is 7.09. The van der Waals surface area contributed by atoms with Crippen LogP contribution in [0.2, 0.25) is 0 Å². The third-order valence-electron chi connectivity index (χ3n) is 3.89. The minimum absolute atomic E-state index is 0.163. The Morgan fingerprint density at radius 3 is 2.95 bits per heavy atom. The van der Waals surface area contributed by atoms with Gasteiger partial charge in [-0.2, -0.15) is 11.8 Å². The van der Waals surface area contributed by atoms with Gasteiger partial charge in [0.1, 0.15) is 0 Å². The first-order valence-electron chi connectivity index (χ1n) is 7.28. The lowest BCUT2D eigenvalue weighted by Crippen LogP contribution is -2.47. The largest absolute Gasteiger partial charge is 0.326 e. The zero-order valence-electron chi connectivity index (χ0n) is 12.0. The third-order valence-corrected chi connectivity index (χ3v) is 5.26. The SMILES string of the molecule is CCC1CN(C(c2ccccn2)C(N)CC)CCS1. The zero-order valence-corrected chi connectivity index (χ0v) is 12.8. The van der Waals surface area contributed by atoms with Gasteiger partial charge in [-0.25, -0.2) is 0 Å². The van der Waals surface area contributed by atoms with Crippen LogP contribution in [0.15, 0.2) is 24.4 Å². The van der Waals surface area contributed by atoms with Crippen LogP contribution < -0.4 is 5.73 Å². The van der Waals surface area contributed by atoms with Gasteiger partial charge in [-0.3, -0.25) is 9.88 Å². The van der Waals surface area contributed by atoms with Gasteiger partial charge in [0.15, 0.2) is 0 Å². The quantitative estimate of drug-likeness (QED) is 0.900. The molecule has 1 aromatic rings. The molecule has 3 unspecified atom stereocenters. The van der Waals surface area contributed by atoms with E-state index in [2.05, 4.69) is 47.6 Å². The van der Waals surface area contributed by atoms with Gasteiger partial charge in [0, 0.05) is 36.3 Å². The molecule has 3 nitrogen and oxygen atoms in total. The second kappa shape index (κ2) is 7.27. The number of pyridine rings is 1. The lowest BCUT2D eigenvalue weighted by atomic mass is 10.00. The van der Waals surface area contributed by atoms with Gasteiger partial charge in [-0.05, 0) is 25.0 Å². The van der Waals surface area contributed by atoms with Crippen LogP contribution in [0.5, 0.6) is 0 Å². The van der Waals surface area contributed by atoms with Gasteiger partial charge >= 0.3 is 0 Å². The van der Waals surface area contributed by atoms with Crippen molar-refractivity contribution in [2.75, 3.05) is 18.8 Å². The number of aromatic nitrogens is 1. The molecule has 0 bridgehead atoms. The molecule has 106 valence electrons. The van der Waals surface area contributed by atoms with E-state index in [1.165, 1.54) is 12.2 Å². The van der Waals surface area contributed by atoms with E-state index in [1.54, 1.807) is 0 Å².